The molecule has 9 heteroatoms. The van der Waals surface area contributed by atoms with Crippen LogP contribution in [0.3, 0.4) is 0 Å². The zero-order valence-corrected chi connectivity index (χ0v) is 23.0. The van der Waals surface area contributed by atoms with Crippen molar-refractivity contribution in [3.63, 3.8) is 0 Å². The van der Waals surface area contributed by atoms with E-state index >= 15 is 0 Å². The third kappa shape index (κ3) is 6.60. The van der Waals surface area contributed by atoms with Gasteiger partial charge in [-0.3, -0.25) is 19.6 Å². The third-order valence-corrected chi connectivity index (χ3v) is 7.18. The van der Waals surface area contributed by atoms with Crippen molar-refractivity contribution in [2.75, 3.05) is 49.4 Å². The van der Waals surface area contributed by atoms with Crippen molar-refractivity contribution < 1.29 is 4.79 Å². The zero-order chi connectivity index (χ0) is 27.2. The molecule has 1 amide bonds. The van der Waals surface area contributed by atoms with Gasteiger partial charge in [0.25, 0.3) is 5.91 Å². The number of benzene rings is 2. The monoisotopic (exact) mass is 541 g/mol. The molecule has 4 aromatic rings. The minimum atomic E-state index is -0.164. The molecule has 0 atom stereocenters. The van der Waals surface area contributed by atoms with Gasteiger partial charge in [-0.15, -0.1) is 11.6 Å². The molecule has 8 nitrogen and oxygen atoms in total. The lowest BCUT2D eigenvalue weighted by Gasteiger charge is -2.32. The number of aryl methyl sites for hydroxylation is 1. The van der Waals surface area contributed by atoms with Crippen LogP contribution < -0.4 is 10.2 Å². The van der Waals surface area contributed by atoms with Gasteiger partial charge in [0.2, 0.25) is 5.95 Å². The first-order valence-electron chi connectivity index (χ1n) is 13.0. The number of carbonyl (C=O) groups is 1. The summed E-state index contributed by atoms with van der Waals surface area (Å²) in [6.07, 6.45) is 5.19. The molecule has 2 aromatic heterocycles. The van der Waals surface area contributed by atoms with Gasteiger partial charge in [-0.1, -0.05) is 18.2 Å². The number of halogens is 1. The van der Waals surface area contributed by atoms with Crippen molar-refractivity contribution in [3.05, 3.63) is 95.9 Å². The lowest BCUT2D eigenvalue weighted by atomic mass is 10.1. The highest BCUT2D eigenvalue weighted by Gasteiger charge is 2.17. The second-order valence-electron chi connectivity index (χ2n) is 9.76. The first-order chi connectivity index (χ1) is 19.0. The summed E-state index contributed by atoms with van der Waals surface area (Å²) in [5.74, 6) is 0.303. The molecule has 200 valence electrons. The number of carbonyl (C=O) groups excluding carboxylic acids is 1. The molecule has 1 saturated heterocycles. The molecular weight excluding hydrogens is 510 g/mol. The van der Waals surface area contributed by atoms with Gasteiger partial charge in [0.15, 0.2) is 0 Å². The maximum Gasteiger partial charge on any atom is 0.255 e. The van der Waals surface area contributed by atoms with Gasteiger partial charge in [0, 0.05) is 68.1 Å². The third-order valence-electron chi connectivity index (χ3n) is 6.94. The van der Waals surface area contributed by atoms with E-state index in [1.807, 2.05) is 72.5 Å². The Kier molecular flexibility index (Phi) is 8.46. The van der Waals surface area contributed by atoms with Gasteiger partial charge in [-0.2, -0.15) is 0 Å². The van der Waals surface area contributed by atoms with E-state index in [1.165, 1.54) is 5.56 Å². The van der Waals surface area contributed by atoms with Crippen LogP contribution in [-0.2, 0) is 6.54 Å². The van der Waals surface area contributed by atoms with E-state index in [9.17, 15) is 4.79 Å². The second kappa shape index (κ2) is 12.3. The van der Waals surface area contributed by atoms with E-state index in [1.54, 1.807) is 18.6 Å². The van der Waals surface area contributed by atoms with Crippen LogP contribution in [0.5, 0.6) is 0 Å². The van der Waals surface area contributed by atoms with E-state index in [4.69, 9.17) is 16.6 Å². The smallest absolute Gasteiger partial charge is 0.255 e. The van der Waals surface area contributed by atoms with Crippen molar-refractivity contribution in [1.29, 1.82) is 0 Å². The van der Waals surface area contributed by atoms with Crippen LogP contribution in [0.4, 0.5) is 17.3 Å². The molecule has 1 fully saturated rings. The number of aromatic nitrogens is 3. The molecular formula is C30H32ClN7O. The number of amides is 1. The number of likely N-dealkylation sites (N-methyl/N-ethyl adjacent to an activating group) is 1. The maximum atomic E-state index is 13.1. The Morgan fingerprint density at radius 2 is 1.82 bits per heavy atom. The van der Waals surface area contributed by atoms with E-state index < -0.39 is 0 Å². The summed E-state index contributed by atoms with van der Waals surface area (Å²) in [4.78, 5) is 33.0. The zero-order valence-electron chi connectivity index (χ0n) is 22.2. The number of hydrogen-bond donors (Lipinski definition) is 1. The van der Waals surface area contributed by atoms with Crippen LogP contribution in [0.25, 0.3) is 11.3 Å². The van der Waals surface area contributed by atoms with Crippen LogP contribution in [0, 0.1) is 6.92 Å². The van der Waals surface area contributed by atoms with E-state index in [2.05, 4.69) is 32.1 Å². The minimum absolute atomic E-state index is 0.142. The molecule has 5 rings (SSSR count). The first-order valence-corrected chi connectivity index (χ1v) is 13.5. The highest BCUT2D eigenvalue weighted by molar-refractivity contribution is 6.19. The topological polar surface area (TPSA) is 77.5 Å². The summed E-state index contributed by atoms with van der Waals surface area (Å²) >= 11 is 6.39. The highest BCUT2D eigenvalue weighted by atomic mass is 35.5. The molecule has 39 heavy (non-hydrogen) atoms. The normalized spacial score (nSPS) is 14.2. The van der Waals surface area contributed by atoms with Crippen LogP contribution in [0.1, 0.15) is 21.5 Å². The molecule has 1 aliphatic heterocycles. The largest absolute Gasteiger partial charge is 0.322 e. The Balaban J connectivity index is 1.30. The fourth-order valence-electron chi connectivity index (χ4n) is 4.59. The molecule has 0 spiro atoms. The number of alkyl halides is 1. The number of nitrogens with one attached hydrogen (secondary N) is 1. The Morgan fingerprint density at radius 3 is 2.54 bits per heavy atom. The van der Waals surface area contributed by atoms with Crippen LogP contribution in [0.15, 0.2) is 79.3 Å². The van der Waals surface area contributed by atoms with Crippen molar-refractivity contribution in [1.82, 2.24) is 24.8 Å². The highest BCUT2D eigenvalue weighted by Crippen LogP contribution is 2.30. The number of nitrogens with zero attached hydrogens (tertiary/aromatic N) is 6. The van der Waals surface area contributed by atoms with Crippen LogP contribution in [-0.4, -0.2) is 69.9 Å². The summed E-state index contributed by atoms with van der Waals surface area (Å²) < 4.78 is 0. The van der Waals surface area contributed by atoms with Crippen molar-refractivity contribution in [2.45, 2.75) is 13.5 Å². The Hall–Kier alpha value is -3.85. The van der Waals surface area contributed by atoms with Gasteiger partial charge in [-0.05, 0) is 67.6 Å². The lowest BCUT2D eigenvalue weighted by Crippen LogP contribution is -2.43. The van der Waals surface area contributed by atoms with Gasteiger partial charge in [0.05, 0.1) is 11.4 Å². The van der Waals surface area contributed by atoms with Gasteiger partial charge in [0.1, 0.15) is 6.00 Å². The molecule has 0 aliphatic carbocycles. The van der Waals surface area contributed by atoms with Gasteiger partial charge in [-0.25, -0.2) is 9.97 Å². The predicted octanol–water partition coefficient (Wildman–Crippen LogP) is 5.18. The average Bonchev–Trinajstić information content (AvgIpc) is 2.97. The minimum Gasteiger partial charge on any atom is -0.322 e. The molecule has 0 bridgehead atoms. The van der Waals surface area contributed by atoms with E-state index in [0.717, 1.165) is 55.2 Å². The van der Waals surface area contributed by atoms with Crippen molar-refractivity contribution in [3.8, 4) is 11.3 Å². The number of anilines is 3. The molecule has 1 N–H and O–H groups in total. The molecule has 1 aliphatic rings. The van der Waals surface area contributed by atoms with Crippen LogP contribution >= 0.6 is 11.6 Å². The summed E-state index contributed by atoms with van der Waals surface area (Å²) in [5, 5.41) is 3.03. The summed E-state index contributed by atoms with van der Waals surface area (Å²) in [7, 11) is 2.16. The van der Waals surface area contributed by atoms with Gasteiger partial charge >= 0.3 is 0 Å². The Bertz CT molecular complexity index is 1410. The lowest BCUT2D eigenvalue weighted by molar-refractivity contribution is 0.102. The Morgan fingerprint density at radius 1 is 1.03 bits per heavy atom. The van der Waals surface area contributed by atoms with Gasteiger partial charge < -0.3 is 10.2 Å². The SMILES string of the molecule is Cc1ccc(NC(=O)c2ccc(CN3CCN(C)CC3)cc2)cc1N(CCl)c1nccc(-c2cccnc2)n1. The first kappa shape index (κ1) is 26.7. The van der Waals surface area contributed by atoms with E-state index in [0.29, 0.717) is 17.2 Å². The molecule has 2 aromatic carbocycles. The van der Waals surface area contributed by atoms with Crippen molar-refractivity contribution in [2.24, 2.45) is 0 Å². The fourth-order valence-corrected chi connectivity index (χ4v) is 4.82. The molecule has 0 unspecified atom stereocenters. The standard InChI is InChI=1S/C30H32ClN7O/c1-22-5-10-26(34-29(39)24-8-6-23(7-9-24)20-37-16-14-36(2)15-17-37)18-28(22)38(21-31)30-33-13-11-27(35-30)25-4-3-12-32-19-25/h3-13,18-19H,14-17,20-21H2,1-2H3,(H,34,39). The number of piperazine rings is 1. The van der Waals surface area contributed by atoms with E-state index in [-0.39, 0.29) is 11.9 Å². The predicted molar refractivity (Wildman–Crippen MR) is 156 cm³/mol. The van der Waals surface area contributed by atoms with Crippen LogP contribution in [0.2, 0.25) is 0 Å². The quantitative estimate of drug-likeness (QED) is 0.243. The maximum absolute atomic E-state index is 13.1. The Labute approximate surface area is 234 Å². The number of pyridine rings is 1. The van der Waals surface area contributed by atoms with Crippen molar-refractivity contribution >= 4 is 34.8 Å². The number of hydrogen-bond acceptors (Lipinski definition) is 7. The molecule has 0 saturated carbocycles. The summed E-state index contributed by atoms with van der Waals surface area (Å²) in [5.41, 5.74) is 5.93. The average molecular weight is 542 g/mol. The summed E-state index contributed by atoms with van der Waals surface area (Å²) in [6, 6.07) is 19.4. The fraction of sp³-hybridized carbons (Fsp3) is 0.267. The number of rotatable bonds is 8. The second-order valence-corrected chi connectivity index (χ2v) is 10.0. The molecule has 0 radical (unpaired) electrons. The summed E-state index contributed by atoms with van der Waals surface area (Å²) in [6.45, 7) is 7.18. The molecule has 3 heterocycles.